The second kappa shape index (κ2) is 6.39. The highest BCUT2D eigenvalue weighted by Crippen LogP contribution is 2.24. The molecule has 1 aromatic rings. The summed E-state index contributed by atoms with van der Waals surface area (Å²) in [5.74, 6) is 0. The maximum atomic E-state index is 5.55. The molecule has 0 bridgehead atoms. The molecule has 0 saturated heterocycles. The van der Waals surface area contributed by atoms with Crippen LogP contribution in [0.5, 0.6) is 0 Å². The summed E-state index contributed by atoms with van der Waals surface area (Å²) in [6.45, 7) is 11.8. The molecule has 0 spiro atoms. The molecule has 1 aliphatic rings. The number of hydrogen-bond donors (Lipinski definition) is 1. The number of halogens is 1. The van der Waals surface area contributed by atoms with Crippen LogP contribution in [0.15, 0.2) is 12.1 Å². The number of quaternary nitrogens is 1. The zero-order valence-electron chi connectivity index (χ0n) is 11.0. The standard InChI is InChI=1S/C14H21NO.ClH/c1-4-15(5-2)8-12-6-11(3)7-13-9-16-10-14(12)13;/h6-7H,4-5,8-10H2,1-3H3;1H. The van der Waals surface area contributed by atoms with E-state index < -0.39 is 0 Å². The number of rotatable bonds is 4. The summed E-state index contributed by atoms with van der Waals surface area (Å²) < 4.78 is 5.55. The van der Waals surface area contributed by atoms with Gasteiger partial charge in [0.05, 0.1) is 26.3 Å². The third-order valence-corrected chi connectivity index (χ3v) is 3.52. The van der Waals surface area contributed by atoms with E-state index in [4.69, 9.17) is 4.74 Å². The molecule has 0 unspecified atom stereocenters. The summed E-state index contributed by atoms with van der Waals surface area (Å²) in [7, 11) is 0. The molecule has 0 atom stereocenters. The molecule has 2 nitrogen and oxygen atoms in total. The van der Waals surface area contributed by atoms with Crippen molar-refractivity contribution in [3.63, 3.8) is 0 Å². The van der Waals surface area contributed by atoms with Crippen LogP contribution in [0.1, 0.15) is 36.1 Å². The summed E-state index contributed by atoms with van der Waals surface area (Å²) in [5.41, 5.74) is 5.71. The van der Waals surface area contributed by atoms with Gasteiger partial charge in [0.25, 0.3) is 0 Å². The van der Waals surface area contributed by atoms with Gasteiger partial charge in [-0.25, -0.2) is 0 Å². The van der Waals surface area contributed by atoms with Crippen LogP contribution >= 0.6 is 0 Å². The minimum Gasteiger partial charge on any atom is -1.00 e. The van der Waals surface area contributed by atoms with E-state index in [9.17, 15) is 0 Å². The molecule has 1 heterocycles. The fourth-order valence-corrected chi connectivity index (χ4v) is 2.48. The molecule has 0 saturated carbocycles. The maximum Gasteiger partial charge on any atom is 0.103 e. The van der Waals surface area contributed by atoms with Crippen molar-refractivity contribution in [3.8, 4) is 0 Å². The normalized spacial score (nSPS) is 13.6. The lowest BCUT2D eigenvalue weighted by Crippen LogP contribution is -3.10. The van der Waals surface area contributed by atoms with Crippen molar-refractivity contribution in [2.45, 2.75) is 40.5 Å². The second-order valence-corrected chi connectivity index (χ2v) is 4.69. The Bertz CT molecular complexity index is 375. The average molecular weight is 256 g/mol. The van der Waals surface area contributed by atoms with Gasteiger partial charge >= 0.3 is 0 Å². The molecular weight excluding hydrogens is 234 g/mol. The Morgan fingerprint density at radius 2 is 1.88 bits per heavy atom. The number of fused-ring (bicyclic) bond motifs is 1. The van der Waals surface area contributed by atoms with Crippen LogP contribution in [0.4, 0.5) is 0 Å². The Labute approximate surface area is 110 Å². The quantitative estimate of drug-likeness (QED) is 0.688. The van der Waals surface area contributed by atoms with E-state index in [0.29, 0.717) is 0 Å². The monoisotopic (exact) mass is 255 g/mol. The lowest BCUT2D eigenvalue weighted by atomic mass is 10.00. The molecule has 1 N–H and O–H groups in total. The summed E-state index contributed by atoms with van der Waals surface area (Å²) >= 11 is 0. The fraction of sp³-hybridized carbons (Fsp3) is 0.571. The minimum atomic E-state index is 0. The third kappa shape index (κ3) is 3.21. The molecular formula is C14H22ClNO. The lowest BCUT2D eigenvalue weighted by molar-refractivity contribution is -0.910. The molecule has 0 radical (unpaired) electrons. The van der Waals surface area contributed by atoms with Gasteiger partial charge in [-0.1, -0.05) is 17.7 Å². The smallest absolute Gasteiger partial charge is 0.103 e. The Hall–Kier alpha value is -0.570. The molecule has 1 aromatic carbocycles. The van der Waals surface area contributed by atoms with Gasteiger partial charge in [0.2, 0.25) is 0 Å². The molecule has 0 amide bonds. The first-order valence-corrected chi connectivity index (χ1v) is 6.27. The molecule has 96 valence electrons. The van der Waals surface area contributed by atoms with Gasteiger partial charge in [-0.3, -0.25) is 0 Å². The molecule has 3 heteroatoms. The van der Waals surface area contributed by atoms with Crippen LogP contribution in [0, 0.1) is 6.92 Å². The van der Waals surface area contributed by atoms with Crippen LogP contribution in [-0.4, -0.2) is 13.1 Å². The number of benzene rings is 1. The highest BCUT2D eigenvalue weighted by atomic mass is 35.5. The predicted molar refractivity (Wildman–Crippen MR) is 65.4 cm³/mol. The summed E-state index contributed by atoms with van der Waals surface area (Å²) in [5, 5.41) is 0. The Kier molecular flexibility index (Phi) is 5.44. The van der Waals surface area contributed by atoms with Gasteiger partial charge in [0, 0.05) is 5.56 Å². The van der Waals surface area contributed by atoms with E-state index in [-0.39, 0.29) is 12.4 Å². The minimum absolute atomic E-state index is 0. The van der Waals surface area contributed by atoms with Gasteiger partial charge in [-0.2, -0.15) is 0 Å². The summed E-state index contributed by atoms with van der Waals surface area (Å²) in [6.07, 6.45) is 0. The number of ether oxygens (including phenoxy) is 1. The highest BCUT2D eigenvalue weighted by molar-refractivity contribution is 5.39. The van der Waals surface area contributed by atoms with E-state index >= 15 is 0 Å². The van der Waals surface area contributed by atoms with E-state index in [1.807, 2.05) is 0 Å². The molecule has 17 heavy (non-hydrogen) atoms. The Morgan fingerprint density at radius 1 is 1.18 bits per heavy atom. The van der Waals surface area contributed by atoms with Gasteiger partial charge in [-0.05, 0) is 31.9 Å². The summed E-state index contributed by atoms with van der Waals surface area (Å²) in [6, 6.07) is 4.60. The fourth-order valence-electron chi connectivity index (χ4n) is 2.48. The van der Waals surface area contributed by atoms with Crippen molar-refractivity contribution < 1.29 is 22.0 Å². The zero-order chi connectivity index (χ0) is 11.5. The van der Waals surface area contributed by atoms with Crippen molar-refractivity contribution in [2.75, 3.05) is 13.1 Å². The predicted octanol–water partition coefficient (Wildman–Crippen LogP) is -1.55. The topological polar surface area (TPSA) is 13.7 Å². The first-order chi connectivity index (χ1) is 7.74. The van der Waals surface area contributed by atoms with E-state index in [1.165, 1.54) is 35.3 Å². The number of nitrogens with one attached hydrogen (secondary N) is 1. The second-order valence-electron chi connectivity index (χ2n) is 4.69. The molecule has 1 aliphatic heterocycles. The van der Waals surface area contributed by atoms with Crippen LogP contribution in [0.3, 0.4) is 0 Å². The van der Waals surface area contributed by atoms with Gasteiger partial charge in [0.1, 0.15) is 6.54 Å². The van der Waals surface area contributed by atoms with Crippen LogP contribution in [-0.2, 0) is 24.5 Å². The van der Waals surface area contributed by atoms with Crippen molar-refractivity contribution >= 4 is 0 Å². The molecule has 0 fully saturated rings. The van der Waals surface area contributed by atoms with Crippen molar-refractivity contribution in [2.24, 2.45) is 0 Å². The Morgan fingerprint density at radius 3 is 2.53 bits per heavy atom. The van der Waals surface area contributed by atoms with E-state index in [0.717, 1.165) is 19.8 Å². The summed E-state index contributed by atoms with van der Waals surface area (Å²) in [4.78, 5) is 1.64. The maximum absolute atomic E-state index is 5.55. The zero-order valence-corrected chi connectivity index (χ0v) is 11.7. The lowest BCUT2D eigenvalue weighted by Gasteiger charge is -2.17. The number of aryl methyl sites for hydroxylation is 1. The van der Waals surface area contributed by atoms with Crippen molar-refractivity contribution in [1.29, 1.82) is 0 Å². The molecule has 0 aliphatic carbocycles. The van der Waals surface area contributed by atoms with E-state index in [1.54, 1.807) is 4.90 Å². The average Bonchev–Trinajstić information content (AvgIpc) is 2.73. The largest absolute Gasteiger partial charge is 1.00 e. The van der Waals surface area contributed by atoms with Crippen LogP contribution in [0.25, 0.3) is 0 Å². The molecule has 2 rings (SSSR count). The van der Waals surface area contributed by atoms with Crippen LogP contribution in [0.2, 0.25) is 0 Å². The molecule has 0 aromatic heterocycles. The van der Waals surface area contributed by atoms with E-state index in [2.05, 4.69) is 32.9 Å². The first-order valence-electron chi connectivity index (χ1n) is 6.27. The highest BCUT2D eigenvalue weighted by Gasteiger charge is 2.18. The van der Waals surface area contributed by atoms with Crippen LogP contribution < -0.4 is 17.3 Å². The van der Waals surface area contributed by atoms with Gasteiger partial charge in [-0.15, -0.1) is 0 Å². The van der Waals surface area contributed by atoms with Gasteiger partial charge in [0.15, 0.2) is 0 Å². The SMILES string of the molecule is CC[NH+](CC)Cc1cc(C)cc2c1COC2.[Cl-]. The van der Waals surface area contributed by atoms with Gasteiger partial charge < -0.3 is 22.0 Å². The Balaban J connectivity index is 0.00000144. The van der Waals surface area contributed by atoms with Crippen molar-refractivity contribution in [1.82, 2.24) is 0 Å². The third-order valence-electron chi connectivity index (χ3n) is 3.52. The van der Waals surface area contributed by atoms with Crippen molar-refractivity contribution in [3.05, 3.63) is 34.4 Å². The first kappa shape index (κ1) is 14.5. The number of hydrogen-bond acceptors (Lipinski definition) is 1.